The molecular weight excluding hydrogens is 156 g/mol. The van der Waals surface area contributed by atoms with Gasteiger partial charge in [0, 0.05) is 6.42 Å². The van der Waals surface area contributed by atoms with Crippen molar-refractivity contribution in [2.45, 2.75) is 32.6 Å². The van der Waals surface area contributed by atoms with Gasteiger partial charge < -0.3 is 0 Å². The fraction of sp³-hybridized carbons (Fsp3) is 0.385. The first kappa shape index (κ1) is 9.86. The van der Waals surface area contributed by atoms with Crippen LogP contribution in [0.3, 0.4) is 0 Å². The molecule has 67 valence electrons. The summed E-state index contributed by atoms with van der Waals surface area (Å²) in [5.41, 5.74) is 2.76. The minimum atomic E-state index is 0.773. The maximum Gasteiger partial charge on any atom is 0.0102 e. The zero-order valence-electron chi connectivity index (χ0n) is 8.14. The van der Waals surface area contributed by atoms with Gasteiger partial charge in [0.15, 0.2) is 0 Å². The number of benzene rings is 1. The lowest BCUT2D eigenvalue weighted by Gasteiger charge is -2.00. The van der Waals surface area contributed by atoms with Crippen molar-refractivity contribution >= 4 is 0 Å². The monoisotopic (exact) mass is 171 g/mol. The number of hydrogen-bond donors (Lipinski definition) is 0. The summed E-state index contributed by atoms with van der Waals surface area (Å²) in [6.07, 6.45) is 10.8. The van der Waals surface area contributed by atoms with Gasteiger partial charge in [0.1, 0.15) is 0 Å². The van der Waals surface area contributed by atoms with E-state index in [1.54, 1.807) is 0 Å². The summed E-state index contributed by atoms with van der Waals surface area (Å²) < 4.78 is 0. The van der Waals surface area contributed by atoms with Crippen LogP contribution in [0.2, 0.25) is 0 Å². The first-order chi connectivity index (χ1) is 6.36. The fourth-order valence-corrected chi connectivity index (χ4v) is 1.32. The van der Waals surface area contributed by atoms with E-state index in [1.165, 1.54) is 11.1 Å². The summed E-state index contributed by atoms with van der Waals surface area (Å²) >= 11 is 0. The highest BCUT2D eigenvalue weighted by atomic mass is 14.0. The third-order valence-electron chi connectivity index (χ3n) is 2.20. The van der Waals surface area contributed by atoms with E-state index in [4.69, 9.17) is 6.42 Å². The summed E-state index contributed by atoms with van der Waals surface area (Å²) in [6, 6.07) is 8.73. The fourth-order valence-electron chi connectivity index (χ4n) is 1.32. The maximum absolute atomic E-state index is 6.78. The molecule has 0 nitrogen and oxygen atoms in total. The first-order valence-electron chi connectivity index (χ1n) is 4.84. The average Bonchev–Trinajstić information content (AvgIpc) is 2.19. The Labute approximate surface area is 81.0 Å². The molecule has 0 spiro atoms. The highest BCUT2D eigenvalue weighted by Gasteiger charge is 1.92. The Morgan fingerprint density at radius 1 is 1.15 bits per heavy atom. The van der Waals surface area contributed by atoms with Crippen LogP contribution in [0, 0.1) is 12.3 Å². The molecule has 1 rings (SSSR count). The molecule has 0 bridgehead atoms. The second-order valence-electron chi connectivity index (χ2n) is 3.20. The molecule has 1 aromatic rings. The van der Waals surface area contributed by atoms with E-state index >= 15 is 0 Å². The number of unbranched alkanes of at least 4 members (excludes halogenated alkanes) is 1. The van der Waals surface area contributed by atoms with E-state index in [-0.39, 0.29) is 0 Å². The van der Waals surface area contributed by atoms with Gasteiger partial charge >= 0.3 is 0 Å². The van der Waals surface area contributed by atoms with Crippen LogP contribution in [0.25, 0.3) is 0 Å². The lowest BCUT2D eigenvalue weighted by atomic mass is 10.1. The van der Waals surface area contributed by atoms with Gasteiger partial charge in [0.25, 0.3) is 0 Å². The van der Waals surface area contributed by atoms with Crippen molar-refractivity contribution < 1.29 is 0 Å². The molecule has 0 heteroatoms. The van der Waals surface area contributed by atoms with Crippen LogP contribution in [0.15, 0.2) is 24.3 Å². The molecule has 0 saturated heterocycles. The average molecular weight is 171 g/mol. The highest BCUT2D eigenvalue weighted by Crippen LogP contribution is 2.07. The minimum Gasteiger partial charge on any atom is -0.0891 e. The van der Waals surface area contributed by atoms with E-state index in [0.717, 1.165) is 25.7 Å². The Morgan fingerprint density at radius 2 is 1.77 bits per heavy atom. The summed E-state index contributed by atoms with van der Waals surface area (Å²) in [6.45, 7) is 2.17. The van der Waals surface area contributed by atoms with Crippen molar-refractivity contribution in [1.29, 1.82) is 0 Å². The first-order valence-corrected chi connectivity index (χ1v) is 4.84. The standard InChI is InChI=1S/C13H15/c1-3-5-6-7-13-10-8-12(4-2)9-11-13/h8-11H,4-7H2,2H3. The van der Waals surface area contributed by atoms with E-state index in [0.29, 0.717) is 0 Å². The van der Waals surface area contributed by atoms with Crippen LogP contribution in [-0.4, -0.2) is 0 Å². The smallest absolute Gasteiger partial charge is 0.0102 e. The van der Waals surface area contributed by atoms with Crippen molar-refractivity contribution in [1.82, 2.24) is 0 Å². The third kappa shape index (κ3) is 3.34. The largest absolute Gasteiger partial charge is 0.0891 e. The molecule has 0 aliphatic rings. The van der Waals surface area contributed by atoms with E-state index < -0.39 is 0 Å². The van der Waals surface area contributed by atoms with Crippen molar-refractivity contribution in [2.24, 2.45) is 0 Å². The van der Waals surface area contributed by atoms with E-state index in [9.17, 15) is 0 Å². The molecule has 0 unspecified atom stereocenters. The summed E-state index contributed by atoms with van der Waals surface area (Å²) in [4.78, 5) is 0. The normalized spacial score (nSPS) is 9.54. The van der Waals surface area contributed by atoms with E-state index in [1.807, 2.05) is 0 Å². The summed E-state index contributed by atoms with van der Waals surface area (Å²) in [5, 5.41) is 0. The molecule has 0 amide bonds. The van der Waals surface area contributed by atoms with E-state index in [2.05, 4.69) is 37.1 Å². The molecule has 0 saturated carbocycles. The van der Waals surface area contributed by atoms with Crippen molar-refractivity contribution in [3.8, 4) is 5.92 Å². The SMILES string of the molecule is [C]#CCCCc1ccc(CC)cc1. The highest BCUT2D eigenvalue weighted by molar-refractivity contribution is 5.22. The van der Waals surface area contributed by atoms with Crippen LogP contribution in [0.4, 0.5) is 0 Å². The van der Waals surface area contributed by atoms with Gasteiger partial charge in [-0.2, -0.15) is 0 Å². The van der Waals surface area contributed by atoms with Crippen LogP contribution >= 0.6 is 0 Å². The van der Waals surface area contributed by atoms with Crippen molar-refractivity contribution in [2.75, 3.05) is 0 Å². The molecule has 1 aromatic carbocycles. The van der Waals surface area contributed by atoms with Gasteiger partial charge in [-0.05, 0) is 36.8 Å². The Balaban J connectivity index is 2.45. The predicted octanol–water partition coefficient (Wildman–Crippen LogP) is 3.16. The molecule has 0 aliphatic carbocycles. The molecule has 0 heterocycles. The second-order valence-corrected chi connectivity index (χ2v) is 3.20. The van der Waals surface area contributed by atoms with Gasteiger partial charge in [-0.3, -0.25) is 0 Å². The molecule has 0 aromatic heterocycles. The van der Waals surface area contributed by atoms with Gasteiger partial charge in [-0.1, -0.05) is 37.1 Å². The predicted molar refractivity (Wildman–Crippen MR) is 55.9 cm³/mol. The van der Waals surface area contributed by atoms with Crippen LogP contribution < -0.4 is 0 Å². The van der Waals surface area contributed by atoms with Gasteiger partial charge in [-0.25, -0.2) is 0 Å². The van der Waals surface area contributed by atoms with Gasteiger partial charge in [0.2, 0.25) is 0 Å². The Kier molecular flexibility index (Phi) is 4.12. The molecule has 0 fully saturated rings. The zero-order chi connectivity index (χ0) is 9.52. The van der Waals surface area contributed by atoms with Crippen LogP contribution in [0.5, 0.6) is 0 Å². The lowest BCUT2D eigenvalue weighted by Crippen LogP contribution is -1.86. The summed E-state index contributed by atoms with van der Waals surface area (Å²) in [5.74, 6) is 2.41. The Morgan fingerprint density at radius 3 is 2.31 bits per heavy atom. The zero-order valence-corrected chi connectivity index (χ0v) is 8.14. The Bertz CT molecular complexity index is 274. The molecule has 0 atom stereocenters. The summed E-state index contributed by atoms with van der Waals surface area (Å²) in [7, 11) is 0. The topological polar surface area (TPSA) is 0 Å². The molecule has 13 heavy (non-hydrogen) atoms. The molecule has 1 radical (unpaired) electrons. The number of hydrogen-bond acceptors (Lipinski definition) is 0. The maximum atomic E-state index is 6.78. The number of rotatable bonds is 4. The molecular formula is C13H15. The molecule has 0 aliphatic heterocycles. The van der Waals surface area contributed by atoms with Crippen LogP contribution in [0.1, 0.15) is 30.9 Å². The second kappa shape index (κ2) is 5.43. The third-order valence-corrected chi connectivity index (χ3v) is 2.20. The quantitative estimate of drug-likeness (QED) is 0.482. The van der Waals surface area contributed by atoms with Gasteiger partial charge in [0.05, 0.1) is 0 Å². The van der Waals surface area contributed by atoms with Crippen LogP contribution in [-0.2, 0) is 12.8 Å². The van der Waals surface area contributed by atoms with Crippen molar-refractivity contribution in [3.63, 3.8) is 0 Å². The van der Waals surface area contributed by atoms with Crippen molar-refractivity contribution in [3.05, 3.63) is 41.8 Å². The minimum absolute atomic E-state index is 0.773. The van der Waals surface area contributed by atoms with Gasteiger partial charge in [-0.15, -0.1) is 0 Å². The number of aryl methyl sites for hydroxylation is 2. The molecule has 0 N–H and O–H groups in total. The lowest BCUT2D eigenvalue weighted by molar-refractivity contribution is 0.856. The Hall–Kier alpha value is -1.22.